The third-order valence-corrected chi connectivity index (χ3v) is 5.07. The van der Waals surface area contributed by atoms with Crippen molar-refractivity contribution in [3.63, 3.8) is 0 Å². The van der Waals surface area contributed by atoms with Crippen molar-refractivity contribution in [1.82, 2.24) is 10.3 Å². The summed E-state index contributed by atoms with van der Waals surface area (Å²) in [4.78, 5) is 28.0. The molecule has 2 saturated carbocycles. The summed E-state index contributed by atoms with van der Waals surface area (Å²) in [7, 11) is 0. The summed E-state index contributed by atoms with van der Waals surface area (Å²) in [5.41, 5.74) is 0.980. The van der Waals surface area contributed by atoms with Crippen molar-refractivity contribution in [2.75, 3.05) is 0 Å². The van der Waals surface area contributed by atoms with Gasteiger partial charge in [0, 0.05) is 12.4 Å². The maximum atomic E-state index is 12.5. The van der Waals surface area contributed by atoms with Crippen LogP contribution in [-0.2, 0) is 9.59 Å². The molecule has 0 aliphatic heterocycles. The largest absolute Gasteiger partial charge is 0.481 e. The van der Waals surface area contributed by atoms with E-state index in [9.17, 15) is 14.7 Å². The lowest BCUT2D eigenvalue weighted by molar-refractivity contribution is -0.149. The van der Waals surface area contributed by atoms with Crippen LogP contribution in [0.15, 0.2) is 24.5 Å². The fraction of sp³-hybridized carbons (Fsp3) is 0.562. The second kappa shape index (κ2) is 5.47. The van der Waals surface area contributed by atoms with Gasteiger partial charge in [0.05, 0.1) is 17.9 Å². The van der Waals surface area contributed by atoms with E-state index in [2.05, 4.69) is 10.3 Å². The van der Waals surface area contributed by atoms with E-state index in [4.69, 9.17) is 0 Å². The van der Waals surface area contributed by atoms with Crippen molar-refractivity contribution >= 4 is 11.9 Å². The Morgan fingerprint density at radius 1 is 1.24 bits per heavy atom. The molecule has 2 N–H and O–H groups in total. The number of amides is 1. The van der Waals surface area contributed by atoms with E-state index < -0.39 is 11.9 Å². The molecule has 1 heterocycles. The van der Waals surface area contributed by atoms with E-state index in [0.29, 0.717) is 0 Å². The van der Waals surface area contributed by atoms with Crippen LogP contribution in [-0.4, -0.2) is 22.0 Å². The molecule has 0 radical (unpaired) electrons. The van der Waals surface area contributed by atoms with Crippen LogP contribution in [0.1, 0.15) is 37.8 Å². The van der Waals surface area contributed by atoms with E-state index >= 15 is 0 Å². The Morgan fingerprint density at radius 2 is 1.86 bits per heavy atom. The topological polar surface area (TPSA) is 79.3 Å². The summed E-state index contributed by atoms with van der Waals surface area (Å²) in [6.07, 6.45) is 6.20. The molecule has 5 atom stereocenters. The monoisotopic (exact) mass is 288 g/mol. The van der Waals surface area contributed by atoms with Gasteiger partial charge in [-0.25, -0.2) is 0 Å². The maximum absolute atomic E-state index is 12.5. The zero-order valence-corrected chi connectivity index (χ0v) is 12.0. The Morgan fingerprint density at radius 3 is 2.48 bits per heavy atom. The van der Waals surface area contributed by atoms with E-state index in [0.717, 1.165) is 24.8 Å². The van der Waals surface area contributed by atoms with Crippen LogP contribution in [0.5, 0.6) is 0 Å². The molecule has 21 heavy (non-hydrogen) atoms. The van der Waals surface area contributed by atoms with Gasteiger partial charge in [0.15, 0.2) is 0 Å². The lowest BCUT2D eigenvalue weighted by Gasteiger charge is -2.28. The number of pyridine rings is 1. The molecule has 2 aliphatic rings. The fourth-order valence-corrected chi connectivity index (χ4v) is 4.07. The number of nitrogens with zero attached hydrogens (tertiary/aromatic N) is 1. The Kier molecular flexibility index (Phi) is 3.66. The number of rotatable bonds is 4. The molecule has 112 valence electrons. The molecule has 2 aliphatic carbocycles. The first-order valence-corrected chi connectivity index (χ1v) is 7.51. The number of carbonyl (C=O) groups excluding carboxylic acids is 1. The van der Waals surface area contributed by atoms with Crippen LogP contribution in [0.25, 0.3) is 0 Å². The number of carboxylic acid groups (broad SMARTS) is 1. The van der Waals surface area contributed by atoms with Gasteiger partial charge in [-0.1, -0.05) is 0 Å². The highest BCUT2D eigenvalue weighted by Crippen LogP contribution is 2.52. The molecule has 5 nitrogen and oxygen atoms in total. The molecule has 0 unspecified atom stereocenters. The van der Waals surface area contributed by atoms with Crippen molar-refractivity contribution in [3.8, 4) is 0 Å². The summed E-state index contributed by atoms with van der Waals surface area (Å²) in [5.74, 6) is -1.39. The third kappa shape index (κ3) is 2.52. The Bertz CT molecular complexity index is 546. The molecule has 2 fully saturated rings. The van der Waals surface area contributed by atoms with Crippen molar-refractivity contribution in [3.05, 3.63) is 30.1 Å². The second-order valence-corrected chi connectivity index (χ2v) is 6.23. The number of carboxylic acids is 1. The minimum atomic E-state index is -0.820. The molecule has 1 amide bonds. The number of nitrogens with one attached hydrogen (secondary N) is 1. The number of carbonyl (C=O) groups is 2. The van der Waals surface area contributed by atoms with Gasteiger partial charge in [0.2, 0.25) is 5.91 Å². The molecule has 0 aromatic carbocycles. The summed E-state index contributed by atoms with van der Waals surface area (Å²) in [6.45, 7) is 1.91. The predicted octanol–water partition coefficient (Wildman–Crippen LogP) is 2.01. The van der Waals surface area contributed by atoms with Gasteiger partial charge < -0.3 is 10.4 Å². The summed E-state index contributed by atoms with van der Waals surface area (Å²) in [6, 6.07) is 3.59. The highest BCUT2D eigenvalue weighted by molar-refractivity contribution is 5.86. The van der Waals surface area contributed by atoms with Crippen molar-refractivity contribution in [2.45, 2.75) is 32.2 Å². The SMILES string of the molecule is C[C@H](NC(=O)[C@H]1[C@@H]2CC[C@@H](C2)[C@@H]1C(=O)O)c1ccncc1. The molecule has 5 heteroatoms. The molecule has 0 saturated heterocycles. The molecule has 0 spiro atoms. The predicted molar refractivity (Wildman–Crippen MR) is 76.2 cm³/mol. The number of hydrogen-bond donors (Lipinski definition) is 2. The van der Waals surface area contributed by atoms with Gasteiger partial charge >= 0.3 is 5.97 Å². The van der Waals surface area contributed by atoms with E-state index in [1.807, 2.05) is 19.1 Å². The molecular weight excluding hydrogens is 268 g/mol. The van der Waals surface area contributed by atoms with Crippen LogP contribution in [0.3, 0.4) is 0 Å². The average molecular weight is 288 g/mol. The van der Waals surface area contributed by atoms with Gasteiger partial charge in [-0.2, -0.15) is 0 Å². The van der Waals surface area contributed by atoms with Crippen LogP contribution >= 0.6 is 0 Å². The number of hydrogen-bond acceptors (Lipinski definition) is 3. The van der Waals surface area contributed by atoms with Gasteiger partial charge in [-0.15, -0.1) is 0 Å². The standard InChI is InChI=1S/C16H20N2O3/c1-9(10-4-6-17-7-5-10)18-15(19)13-11-2-3-12(8-11)14(13)16(20)21/h4-7,9,11-14H,2-3,8H2,1H3,(H,18,19)(H,20,21)/t9-,11+,12-,13-,14-/m0/s1. The Labute approximate surface area is 123 Å². The summed E-state index contributed by atoms with van der Waals surface area (Å²) < 4.78 is 0. The van der Waals surface area contributed by atoms with Crippen LogP contribution in [0.2, 0.25) is 0 Å². The minimum absolute atomic E-state index is 0.112. The van der Waals surface area contributed by atoms with E-state index in [1.165, 1.54) is 0 Å². The highest BCUT2D eigenvalue weighted by Gasteiger charge is 2.54. The first-order chi connectivity index (χ1) is 10.1. The van der Waals surface area contributed by atoms with E-state index in [1.54, 1.807) is 12.4 Å². The third-order valence-electron chi connectivity index (χ3n) is 5.07. The van der Waals surface area contributed by atoms with Crippen molar-refractivity contribution in [2.24, 2.45) is 23.7 Å². The first-order valence-electron chi connectivity index (χ1n) is 7.51. The Balaban J connectivity index is 1.72. The van der Waals surface area contributed by atoms with Gasteiger partial charge in [0.25, 0.3) is 0 Å². The Hall–Kier alpha value is -1.91. The van der Waals surface area contributed by atoms with Gasteiger partial charge in [-0.3, -0.25) is 14.6 Å². The summed E-state index contributed by atoms with van der Waals surface area (Å²) in [5, 5.41) is 12.4. The maximum Gasteiger partial charge on any atom is 0.307 e. The van der Waals surface area contributed by atoms with Crippen LogP contribution < -0.4 is 5.32 Å². The number of aromatic nitrogens is 1. The zero-order valence-electron chi connectivity index (χ0n) is 12.0. The van der Waals surface area contributed by atoms with Crippen LogP contribution in [0.4, 0.5) is 0 Å². The van der Waals surface area contributed by atoms with E-state index in [-0.39, 0.29) is 29.7 Å². The lowest BCUT2D eigenvalue weighted by Crippen LogP contribution is -2.42. The van der Waals surface area contributed by atoms with Crippen molar-refractivity contribution in [1.29, 1.82) is 0 Å². The molecule has 2 bridgehead atoms. The molecule has 1 aromatic heterocycles. The normalized spacial score (nSPS) is 31.9. The number of fused-ring (bicyclic) bond motifs is 2. The fourth-order valence-electron chi connectivity index (χ4n) is 4.07. The smallest absolute Gasteiger partial charge is 0.307 e. The quantitative estimate of drug-likeness (QED) is 0.888. The van der Waals surface area contributed by atoms with Gasteiger partial charge in [-0.05, 0) is 55.7 Å². The van der Waals surface area contributed by atoms with Crippen molar-refractivity contribution < 1.29 is 14.7 Å². The average Bonchev–Trinajstić information content (AvgIpc) is 3.08. The highest BCUT2D eigenvalue weighted by atomic mass is 16.4. The molecule has 3 rings (SSSR count). The first kappa shape index (κ1) is 14.0. The molecular formula is C16H20N2O3. The zero-order chi connectivity index (χ0) is 15.0. The lowest BCUT2D eigenvalue weighted by atomic mass is 9.78. The second-order valence-electron chi connectivity index (χ2n) is 6.23. The van der Waals surface area contributed by atoms with Gasteiger partial charge in [0.1, 0.15) is 0 Å². The number of aliphatic carboxylic acids is 1. The molecule has 1 aromatic rings. The van der Waals surface area contributed by atoms with Crippen LogP contribution in [0, 0.1) is 23.7 Å². The minimum Gasteiger partial charge on any atom is -0.481 e. The summed E-state index contributed by atoms with van der Waals surface area (Å²) >= 11 is 0.